The second-order valence-electron chi connectivity index (χ2n) is 4.44. The fraction of sp³-hybridized carbons (Fsp3) is 0.143. The number of hydrogen-bond acceptors (Lipinski definition) is 4. The normalized spacial score (nSPS) is 11.8. The molecular formula is C14H14Br2N4O. The molecule has 4 N–H and O–H groups in total. The minimum Gasteiger partial charge on any atom is -0.345 e. The number of hydrazine groups is 1. The predicted molar refractivity (Wildman–Crippen MR) is 89.8 cm³/mol. The van der Waals surface area contributed by atoms with Crippen LogP contribution in [0.2, 0.25) is 0 Å². The van der Waals surface area contributed by atoms with E-state index >= 15 is 0 Å². The van der Waals surface area contributed by atoms with E-state index in [1.165, 1.54) is 0 Å². The van der Waals surface area contributed by atoms with E-state index in [9.17, 15) is 4.79 Å². The van der Waals surface area contributed by atoms with Gasteiger partial charge >= 0.3 is 0 Å². The van der Waals surface area contributed by atoms with E-state index in [4.69, 9.17) is 5.84 Å². The fourth-order valence-corrected chi connectivity index (χ4v) is 2.43. The van der Waals surface area contributed by atoms with Crippen LogP contribution in [-0.4, -0.2) is 10.9 Å². The lowest BCUT2D eigenvalue weighted by molar-refractivity contribution is 0.0940. The van der Waals surface area contributed by atoms with Gasteiger partial charge in [-0.15, -0.1) is 0 Å². The third-order valence-corrected chi connectivity index (χ3v) is 3.92. The molecule has 0 bridgehead atoms. The number of benzene rings is 1. The van der Waals surface area contributed by atoms with Crippen LogP contribution in [0.4, 0.5) is 5.82 Å². The molecule has 2 rings (SSSR count). The number of pyridine rings is 1. The average molecular weight is 414 g/mol. The van der Waals surface area contributed by atoms with E-state index in [0.29, 0.717) is 15.9 Å². The molecular weight excluding hydrogens is 400 g/mol. The zero-order chi connectivity index (χ0) is 15.4. The quantitative estimate of drug-likeness (QED) is 0.530. The number of nitrogens with zero attached hydrogens (tertiary/aromatic N) is 1. The van der Waals surface area contributed by atoms with E-state index < -0.39 is 0 Å². The van der Waals surface area contributed by atoms with Crippen molar-refractivity contribution in [1.29, 1.82) is 0 Å². The summed E-state index contributed by atoms with van der Waals surface area (Å²) in [4.78, 5) is 16.4. The summed E-state index contributed by atoms with van der Waals surface area (Å²) in [6.45, 7) is 1.92. The van der Waals surface area contributed by atoms with Crippen molar-refractivity contribution >= 4 is 43.6 Å². The summed E-state index contributed by atoms with van der Waals surface area (Å²) < 4.78 is 1.71. The highest BCUT2D eigenvalue weighted by atomic mass is 79.9. The second kappa shape index (κ2) is 7.02. The molecule has 1 unspecified atom stereocenters. The van der Waals surface area contributed by atoms with Crippen LogP contribution in [0.5, 0.6) is 0 Å². The summed E-state index contributed by atoms with van der Waals surface area (Å²) >= 11 is 6.68. The lowest BCUT2D eigenvalue weighted by Gasteiger charge is -2.16. The third-order valence-electron chi connectivity index (χ3n) is 2.95. The van der Waals surface area contributed by atoms with Gasteiger partial charge in [0, 0.05) is 15.1 Å². The van der Waals surface area contributed by atoms with Crippen LogP contribution >= 0.6 is 31.9 Å². The van der Waals surface area contributed by atoms with E-state index in [-0.39, 0.29) is 11.9 Å². The number of anilines is 1. The number of rotatable bonds is 4. The van der Waals surface area contributed by atoms with Gasteiger partial charge in [-0.2, -0.15) is 0 Å². The van der Waals surface area contributed by atoms with Crippen molar-refractivity contribution in [2.75, 3.05) is 5.43 Å². The van der Waals surface area contributed by atoms with Gasteiger partial charge in [0.05, 0.1) is 11.6 Å². The van der Waals surface area contributed by atoms with Crippen molar-refractivity contribution in [3.05, 3.63) is 56.6 Å². The number of carbonyl (C=O) groups is 1. The number of amides is 1. The highest BCUT2D eigenvalue weighted by molar-refractivity contribution is 9.10. The molecule has 1 heterocycles. The zero-order valence-electron chi connectivity index (χ0n) is 11.2. The van der Waals surface area contributed by atoms with Crippen molar-refractivity contribution in [1.82, 2.24) is 10.3 Å². The Hall–Kier alpha value is -1.44. The zero-order valence-corrected chi connectivity index (χ0v) is 14.4. The van der Waals surface area contributed by atoms with Gasteiger partial charge in [-0.25, -0.2) is 10.8 Å². The predicted octanol–water partition coefficient (Wildman–Crippen LogP) is 3.38. The molecule has 21 heavy (non-hydrogen) atoms. The molecule has 1 amide bonds. The molecule has 0 saturated heterocycles. The summed E-state index contributed by atoms with van der Waals surface area (Å²) in [6, 6.07) is 9.32. The number of nitrogens with one attached hydrogen (secondary N) is 2. The Morgan fingerprint density at radius 1 is 1.24 bits per heavy atom. The average Bonchev–Trinajstić information content (AvgIpc) is 2.47. The molecule has 1 atom stereocenters. The Labute approximate surface area is 139 Å². The van der Waals surface area contributed by atoms with Crippen molar-refractivity contribution in [2.45, 2.75) is 13.0 Å². The van der Waals surface area contributed by atoms with Crippen LogP contribution in [0.25, 0.3) is 0 Å². The first-order chi connectivity index (χ1) is 10.0. The first-order valence-corrected chi connectivity index (χ1v) is 7.78. The van der Waals surface area contributed by atoms with Crippen molar-refractivity contribution in [2.24, 2.45) is 5.84 Å². The number of halogens is 2. The van der Waals surface area contributed by atoms with Crippen molar-refractivity contribution < 1.29 is 4.79 Å². The smallest absolute Gasteiger partial charge is 0.255 e. The van der Waals surface area contributed by atoms with Crippen LogP contribution in [0.1, 0.15) is 28.9 Å². The summed E-state index contributed by atoms with van der Waals surface area (Å²) in [6.07, 6.45) is 1.57. The molecule has 5 nitrogen and oxygen atoms in total. The SMILES string of the molecule is CC(NC(=O)c1cc(Br)cnc1NN)c1ccc(Br)cc1. The van der Waals surface area contributed by atoms with Crippen LogP contribution in [0.3, 0.4) is 0 Å². The molecule has 0 saturated carbocycles. The highest BCUT2D eigenvalue weighted by Crippen LogP contribution is 2.20. The summed E-state index contributed by atoms with van der Waals surface area (Å²) in [5.41, 5.74) is 3.82. The van der Waals surface area contributed by atoms with E-state index in [1.54, 1.807) is 12.3 Å². The number of aromatic nitrogens is 1. The molecule has 0 aliphatic heterocycles. The maximum absolute atomic E-state index is 12.4. The molecule has 0 aliphatic carbocycles. The Morgan fingerprint density at radius 2 is 1.90 bits per heavy atom. The number of carbonyl (C=O) groups excluding carboxylic acids is 1. The number of hydrogen-bond donors (Lipinski definition) is 3. The molecule has 0 aliphatic rings. The molecule has 0 spiro atoms. The Bertz CT molecular complexity index is 646. The van der Waals surface area contributed by atoms with E-state index in [0.717, 1.165) is 10.0 Å². The second-order valence-corrected chi connectivity index (χ2v) is 6.27. The number of nitrogen functional groups attached to an aromatic ring is 1. The molecule has 0 radical (unpaired) electrons. The summed E-state index contributed by atoms with van der Waals surface area (Å²) in [5, 5.41) is 2.92. The molecule has 2 aromatic rings. The Kier molecular flexibility index (Phi) is 5.33. The third kappa shape index (κ3) is 4.03. The van der Waals surface area contributed by atoms with Crippen molar-refractivity contribution in [3.8, 4) is 0 Å². The van der Waals surface area contributed by atoms with Gasteiger partial charge in [-0.3, -0.25) is 4.79 Å². The van der Waals surface area contributed by atoms with E-state index in [1.807, 2.05) is 31.2 Å². The fourth-order valence-electron chi connectivity index (χ4n) is 1.84. The van der Waals surface area contributed by atoms with Gasteiger partial charge in [0.15, 0.2) is 5.82 Å². The number of nitrogens with two attached hydrogens (primary N) is 1. The minimum atomic E-state index is -0.243. The van der Waals surface area contributed by atoms with Crippen LogP contribution < -0.4 is 16.6 Å². The van der Waals surface area contributed by atoms with E-state index in [2.05, 4.69) is 47.6 Å². The molecule has 7 heteroatoms. The van der Waals surface area contributed by atoms with Crippen molar-refractivity contribution in [3.63, 3.8) is 0 Å². The first-order valence-electron chi connectivity index (χ1n) is 6.19. The van der Waals surface area contributed by atoms with Gasteiger partial charge in [0.2, 0.25) is 0 Å². The Balaban J connectivity index is 2.17. The summed E-state index contributed by atoms with van der Waals surface area (Å²) in [7, 11) is 0. The maximum Gasteiger partial charge on any atom is 0.255 e. The summed E-state index contributed by atoms with van der Waals surface area (Å²) in [5.74, 6) is 5.47. The first kappa shape index (κ1) is 15.9. The molecule has 1 aromatic carbocycles. The largest absolute Gasteiger partial charge is 0.345 e. The molecule has 0 fully saturated rings. The van der Waals surface area contributed by atoms with Gasteiger partial charge in [-0.1, -0.05) is 28.1 Å². The lowest BCUT2D eigenvalue weighted by atomic mass is 10.1. The highest BCUT2D eigenvalue weighted by Gasteiger charge is 2.16. The van der Waals surface area contributed by atoms with Gasteiger partial charge in [-0.05, 0) is 46.6 Å². The van der Waals surface area contributed by atoms with Crippen LogP contribution in [0, 0.1) is 0 Å². The van der Waals surface area contributed by atoms with Gasteiger partial charge in [0.25, 0.3) is 5.91 Å². The Morgan fingerprint density at radius 3 is 2.52 bits per heavy atom. The van der Waals surface area contributed by atoms with Gasteiger partial charge < -0.3 is 10.7 Å². The van der Waals surface area contributed by atoms with Gasteiger partial charge in [0.1, 0.15) is 0 Å². The van der Waals surface area contributed by atoms with Crippen LogP contribution in [-0.2, 0) is 0 Å². The molecule has 110 valence electrons. The maximum atomic E-state index is 12.4. The standard InChI is InChI=1S/C14H14Br2N4O/c1-8(9-2-4-10(15)5-3-9)19-14(21)12-6-11(16)7-18-13(12)20-17/h2-8H,17H2,1H3,(H,18,20)(H,19,21). The molecule has 1 aromatic heterocycles. The lowest BCUT2D eigenvalue weighted by Crippen LogP contribution is -2.28. The topological polar surface area (TPSA) is 80.0 Å². The minimum absolute atomic E-state index is 0.129. The van der Waals surface area contributed by atoms with Crippen LogP contribution in [0.15, 0.2) is 45.5 Å². The monoisotopic (exact) mass is 412 g/mol.